The van der Waals surface area contributed by atoms with E-state index in [-0.39, 0.29) is 23.1 Å². The van der Waals surface area contributed by atoms with Crippen LogP contribution >= 0.6 is 0 Å². The number of carbonyl (C=O) groups is 2. The van der Waals surface area contributed by atoms with Gasteiger partial charge in [-0.3, -0.25) is 9.59 Å². The van der Waals surface area contributed by atoms with Gasteiger partial charge in [0.05, 0.1) is 14.2 Å². The molecule has 0 bridgehead atoms. The van der Waals surface area contributed by atoms with Crippen molar-refractivity contribution in [1.82, 2.24) is 10.6 Å². The number of carbonyl (C=O) groups excluding carboxylic acids is 2. The zero-order valence-electron chi connectivity index (χ0n) is 19.5. The van der Waals surface area contributed by atoms with E-state index in [2.05, 4.69) is 31.4 Å². The number of ether oxygens (including phenoxy) is 2. The molecule has 1 atom stereocenters. The first-order chi connectivity index (χ1) is 14.6. The molecule has 0 radical (unpaired) electrons. The van der Waals surface area contributed by atoms with Gasteiger partial charge in [0.1, 0.15) is 6.04 Å². The number of benzene rings is 2. The van der Waals surface area contributed by atoms with Crippen molar-refractivity contribution in [2.75, 3.05) is 14.2 Å². The van der Waals surface area contributed by atoms with Crippen LogP contribution in [0.3, 0.4) is 0 Å². The molecule has 31 heavy (non-hydrogen) atoms. The Hall–Kier alpha value is -3.02. The summed E-state index contributed by atoms with van der Waals surface area (Å²) in [6.45, 7) is 10.5. The molecule has 2 aromatic rings. The fourth-order valence-electron chi connectivity index (χ4n) is 3.17. The Balaban J connectivity index is 2.04. The molecule has 2 amide bonds. The summed E-state index contributed by atoms with van der Waals surface area (Å²) >= 11 is 0. The monoisotopic (exact) mass is 426 g/mol. The van der Waals surface area contributed by atoms with Gasteiger partial charge in [-0.2, -0.15) is 0 Å². The van der Waals surface area contributed by atoms with Gasteiger partial charge in [-0.1, -0.05) is 52.8 Å². The third-order valence-corrected chi connectivity index (χ3v) is 5.16. The van der Waals surface area contributed by atoms with Crippen LogP contribution in [-0.2, 0) is 16.8 Å². The molecule has 2 rings (SSSR count). The van der Waals surface area contributed by atoms with E-state index in [1.54, 1.807) is 32.4 Å². The minimum absolute atomic E-state index is 0.0134. The fourth-order valence-corrected chi connectivity index (χ4v) is 3.17. The first-order valence-electron chi connectivity index (χ1n) is 10.5. The summed E-state index contributed by atoms with van der Waals surface area (Å²) in [6, 6.07) is 12.3. The van der Waals surface area contributed by atoms with Crippen molar-refractivity contribution in [2.24, 2.45) is 5.92 Å². The summed E-state index contributed by atoms with van der Waals surface area (Å²) in [4.78, 5) is 25.5. The van der Waals surface area contributed by atoms with Gasteiger partial charge in [0, 0.05) is 12.1 Å². The average molecular weight is 427 g/mol. The molecule has 0 heterocycles. The van der Waals surface area contributed by atoms with Gasteiger partial charge in [-0.15, -0.1) is 0 Å². The van der Waals surface area contributed by atoms with Crippen LogP contribution < -0.4 is 20.1 Å². The minimum atomic E-state index is -0.644. The third-order valence-electron chi connectivity index (χ3n) is 5.16. The molecule has 0 spiro atoms. The number of rotatable bonds is 8. The van der Waals surface area contributed by atoms with Crippen molar-refractivity contribution in [2.45, 2.75) is 52.6 Å². The van der Waals surface area contributed by atoms with Crippen LogP contribution in [0.5, 0.6) is 11.5 Å². The number of hydrogen-bond donors (Lipinski definition) is 2. The molecule has 0 fully saturated rings. The Morgan fingerprint density at radius 3 is 2.06 bits per heavy atom. The second kappa shape index (κ2) is 10.3. The highest BCUT2D eigenvalue weighted by Crippen LogP contribution is 2.27. The quantitative estimate of drug-likeness (QED) is 0.667. The second-order valence-corrected chi connectivity index (χ2v) is 8.93. The first-order valence-corrected chi connectivity index (χ1v) is 10.5. The van der Waals surface area contributed by atoms with Crippen LogP contribution in [0.2, 0.25) is 0 Å². The lowest BCUT2D eigenvalue weighted by Gasteiger charge is -2.22. The van der Waals surface area contributed by atoms with E-state index in [4.69, 9.17) is 9.47 Å². The van der Waals surface area contributed by atoms with E-state index < -0.39 is 6.04 Å². The van der Waals surface area contributed by atoms with E-state index >= 15 is 0 Å². The van der Waals surface area contributed by atoms with Crippen molar-refractivity contribution in [3.8, 4) is 11.5 Å². The topological polar surface area (TPSA) is 76.7 Å². The normalized spacial score (nSPS) is 12.3. The minimum Gasteiger partial charge on any atom is -0.493 e. The summed E-state index contributed by atoms with van der Waals surface area (Å²) in [5.41, 5.74) is 2.57. The Labute approximate surface area is 185 Å². The molecule has 0 saturated heterocycles. The van der Waals surface area contributed by atoms with Gasteiger partial charge in [0.25, 0.3) is 5.91 Å². The van der Waals surface area contributed by atoms with Gasteiger partial charge in [-0.05, 0) is 46.7 Å². The predicted molar refractivity (Wildman–Crippen MR) is 123 cm³/mol. The van der Waals surface area contributed by atoms with Crippen molar-refractivity contribution < 1.29 is 19.1 Å². The molecule has 0 aliphatic carbocycles. The number of nitrogens with one attached hydrogen (secondary N) is 2. The molecule has 0 aliphatic rings. The van der Waals surface area contributed by atoms with Crippen LogP contribution in [0.15, 0.2) is 42.5 Å². The molecule has 168 valence electrons. The average Bonchev–Trinajstić information content (AvgIpc) is 2.74. The smallest absolute Gasteiger partial charge is 0.251 e. The molecular formula is C25H34N2O4. The van der Waals surface area contributed by atoms with E-state index in [1.807, 2.05) is 38.1 Å². The molecule has 2 N–H and O–H groups in total. The summed E-state index contributed by atoms with van der Waals surface area (Å²) in [5.74, 6) is 0.664. The van der Waals surface area contributed by atoms with E-state index in [1.165, 1.54) is 0 Å². The Kier molecular flexibility index (Phi) is 8.08. The van der Waals surface area contributed by atoms with Crippen LogP contribution in [-0.4, -0.2) is 32.1 Å². The maximum absolute atomic E-state index is 12.8. The molecule has 1 unspecified atom stereocenters. The highest BCUT2D eigenvalue weighted by Gasteiger charge is 2.25. The zero-order chi connectivity index (χ0) is 23.2. The highest BCUT2D eigenvalue weighted by atomic mass is 16.5. The van der Waals surface area contributed by atoms with Crippen molar-refractivity contribution in [3.63, 3.8) is 0 Å². The lowest BCUT2D eigenvalue weighted by atomic mass is 9.86. The maximum Gasteiger partial charge on any atom is 0.251 e. The lowest BCUT2D eigenvalue weighted by Crippen LogP contribution is -2.49. The van der Waals surface area contributed by atoms with Gasteiger partial charge < -0.3 is 20.1 Å². The Morgan fingerprint density at radius 2 is 1.55 bits per heavy atom. The van der Waals surface area contributed by atoms with E-state index in [9.17, 15) is 9.59 Å². The summed E-state index contributed by atoms with van der Waals surface area (Å²) in [5, 5.41) is 5.78. The second-order valence-electron chi connectivity index (χ2n) is 8.93. The van der Waals surface area contributed by atoms with Crippen LogP contribution in [0.4, 0.5) is 0 Å². The maximum atomic E-state index is 12.8. The van der Waals surface area contributed by atoms with Gasteiger partial charge in [-0.25, -0.2) is 0 Å². The highest BCUT2D eigenvalue weighted by molar-refractivity contribution is 5.97. The van der Waals surface area contributed by atoms with Gasteiger partial charge in [0.15, 0.2) is 11.5 Å². The van der Waals surface area contributed by atoms with Crippen molar-refractivity contribution in [3.05, 3.63) is 59.2 Å². The third kappa shape index (κ3) is 6.48. The summed E-state index contributed by atoms with van der Waals surface area (Å²) < 4.78 is 10.5. The van der Waals surface area contributed by atoms with Crippen LogP contribution in [0.25, 0.3) is 0 Å². The standard InChI is InChI=1S/C25H34N2O4/c1-16(2)22(27-23(28)18-9-11-19(12-10-18)25(3,4)5)24(29)26-15-17-8-13-20(30-6)21(14-17)31-7/h8-14,16,22H,15H2,1-7H3,(H,26,29)(H,27,28). The summed E-state index contributed by atoms with van der Waals surface area (Å²) in [7, 11) is 3.14. The molecule has 0 aliphatic heterocycles. The molecule has 6 heteroatoms. The Morgan fingerprint density at radius 1 is 0.935 bits per heavy atom. The predicted octanol–water partition coefficient (Wildman–Crippen LogP) is 4.07. The Bertz CT molecular complexity index is 899. The molecule has 0 saturated carbocycles. The largest absolute Gasteiger partial charge is 0.493 e. The number of hydrogen-bond acceptors (Lipinski definition) is 4. The van der Waals surface area contributed by atoms with Crippen molar-refractivity contribution >= 4 is 11.8 Å². The number of amides is 2. The van der Waals surface area contributed by atoms with E-state index in [0.717, 1.165) is 11.1 Å². The molecular weight excluding hydrogens is 392 g/mol. The van der Waals surface area contributed by atoms with Crippen LogP contribution in [0.1, 0.15) is 56.1 Å². The summed E-state index contributed by atoms with van der Waals surface area (Å²) in [6.07, 6.45) is 0. The zero-order valence-corrected chi connectivity index (χ0v) is 19.5. The first kappa shape index (κ1) is 24.3. The number of methoxy groups -OCH3 is 2. The SMILES string of the molecule is COc1ccc(CNC(=O)C(NC(=O)c2ccc(C(C)(C)C)cc2)C(C)C)cc1OC. The van der Waals surface area contributed by atoms with Gasteiger partial charge >= 0.3 is 0 Å². The fraction of sp³-hybridized carbons (Fsp3) is 0.440. The molecule has 6 nitrogen and oxygen atoms in total. The lowest BCUT2D eigenvalue weighted by molar-refractivity contribution is -0.124. The molecule has 0 aromatic heterocycles. The van der Waals surface area contributed by atoms with Gasteiger partial charge in [0.2, 0.25) is 5.91 Å². The van der Waals surface area contributed by atoms with E-state index in [0.29, 0.717) is 23.6 Å². The van der Waals surface area contributed by atoms with Crippen LogP contribution in [0, 0.1) is 5.92 Å². The molecule has 2 aromatic carbocycles. The van der Waals surface area contributed by atoms with Crippen molar-refractivity contribution in [1.29, 1.82) is 0 Å².